The summed E-state index contributed by atoms with van der Waals surface area (Å²) in [6.45, 7) is 6.39. The summed E-state index contributed by atoms with van der Waals surface area (Å²) in [6, 6.07) is 16.6. The number of benzene rings is 2. The van der Waals surface area contributed by atoms with Crippen LogP contribution in [0.15, 0.2) is 59.5 Å². The van der Waals surface area contributed by atoms with Crippen LogP contribution in [0.4, 0.5) is 0 Å². The number of esters is 1. The zero-order valence-electron chi connectivity index (χ0n) is 20.9. The predicted molar refractivity (Wildman–Crippen MR) is 136 cm³/mol. The van der Waals surface area contributed by atoms with Crippen molar-refractivity contribution in [2.24, 2.45) is 5.92 Å². The fraction of sp³-hybridized carbons (Fsp3) is 0.379. The van der Waals surface area contributed by atoms with Crippen molar-refractivity contribution in [1.82, 2.24) is 14.7 Å². The van der Waals surface area contributed by atoms with E-state index in [2.05, 4.69) is 41.5 Å². The molecule has 0 fully saturated rings. The second-order valence-electron chi connectivity index (χ2n) is 9.90. The summed E-state index contributed by atoms with van der Waals surface area (Å²) in [7, 11) is 0. The second kappa shape index (κ2) is 9.72. The van der Waals surface area contributed by atoms with Gasteiger partial charge in [-0.15, -0.1) is 0 Å². The summed E-state index contributed by atoms with van der Waals surface area (Å²) in [5.74, 6) is -1.65. The zero-order chi connectivity index (χ0) is 25.4. The average molecular weight is 486 g/mol. The van der Waals surface area contributed by atoms with Gasteiger partial charge in [-0.05, 0) is 41.5 Å². The molecule has 186 valence electrons. The van der Waals surface area contributed by atoms with Crippen molar-refractivity contribution in [3.05, 3.63) is 92.9 Å². The summed E-state index contributed by atoms with van der Waals surface area (Å²) >= 11 is 0. The number of hydrogen-bond donors (Lipinski definition) is 0. The van der Waals surface area contributed by atoms with Gasteiger partial charge in [0.25, 0.3) is 5.91 Å². The molecule has 0 bridgehead atoms. The van der Waals surface area contributed by atoms with E-state index in [4.69, 9.17) is 4.74 Å². The smallest absolute Gasteiger partial charge is 0.313 e. The van der Waals surface area contributed by atoms with E-state index in [1.807, 2.05) is 19.1 Å². The largest absolute Gasteiger partial charge is 0.420 e. The molecule has 0 N–H and O–H groups in total. The highest BCUT2D eigenvalue weighted by Gasteiger charge is 2.41. The first-order valence-electron chi connectivity index (χ1n) is 12.7. The van der Waals surface area contributed by atoms with Crippen molar-refractivity contribution in [2.75, 3.05) is 13.1 Å². The van der Waals surface area contributed by atoms with Crippen LogP contribution < -0.4 is 10.2 Å². The Morgan fingerprint density at radius 1 is 1.03 bits per heavy atom. The first-order valence-corrected chi connectivity index (χ1v) is 12.7. The van der Waals surface area contributed by atoms with Crippen molar-refractivity contribution in [3.63, 3.8) is 0 Å². The minimum Gasteiger partial charge on any atom is -0.420 e. The molecule has 2 aromatic carbocycles. The van der Waals surface area contributed by atoms with Crippen LogP contribution in [0, 0.1) is 5.92 Å². The van der Waals surface area contributed by atoms with Crippen molar-refractivity contribution < 1.29 is 14.3 Å². The van der Waals surface area contributed by atoms with Gasteiger partial charge in [0, 0.05) is 19.0 Å². The highest BCUT2D eigenvalue weighted by atomic mass is 16.5. The van der Waals surface area contributed by atoms with Gasteiger partial charge in [0.15, 0.2) is 5.69 Å². The summed E-state index contributed by atoms with van der Waals surface area (Å²) in [5, 5.41) is 4.48. The van der Waals surface area contributed by atoms with Gasteiger partial charge in [0.2, 0.25) is 11.2 Å². The summed E-state index contributed by atoms with van der Waals surface area (Å²) in [5.41, 5.74) is 4.43. The van der Waals surface area contributed by atoms with Gasteiger partial charge in [0.1, 0.15) is 0 Å². The van der Waals surface area contributed by atoms with E-state index >= 15 is 0 Å². The Morgan fingerprint density at radius 2 is 1.64 bits per heavy atom. The highest BCUT2D eigenvalue weighted by molar-refractivity contribution is 5.96. The lowest BCUT2D eigenvalue weighted by molar-refractivity contribution is -0.137. The van der Waals surface area contributed by atoms with Gasteiger partial charge in [-0.25, -0.2) is 0 Å². The molecule has 36 heavy (non-hydrogen) atoms. The number of nitrogens with zero attached hydrogens (tertiary/aromatic N) is 3. The van der Waals surface area contributed by atoms with Crippen LogP contribution >= 0.6 is 0 Å². The molecule has 2 aliphatic rings. The molecule has 1 aliphatic heterocycles. The average Bonchev–Trinajstić information content (AvgIpc) is 3.04. The quantitative estimate of drug-likeness (QED) is 0.508. The Hall–Kier alpha value is -3.74. The molecule has 1 aliphatic carbocycles. The topological polar surface area (TPSA) is 81.5 Å². The van der Waals surface area contributed by atoms with Crippen LogP contribution in [-0.2, 0) is 17.6 Å². The maximum absolute atomic E-state index is 13.7. The minimum absolute atomic E-state index is 0.0559. The third-order valence-electron chi connectivity index (χ3n) is 7.18. The molecule has 1 amide bonds. The predicted octanol–water partition coefficient (Wildman–Crippen LogP) is 4.14. The summed E-state index contributed by atoms with van der Waals surface area (Å²) in [4.78, 5) is 40.8. The molecule has 5 rings (SSSR count). The van der Waals surface area contributed by atoms with E-state index in [-0.39, 0.29) is 29.3 Å². The Bertz CT molecular complexity index is 1330. The monoisotopic (exact) mass is 485 g/mol. The Morgan fingerprint density at radius 3 is 2.22 bits per heavy atom. The number of carbonyl (C=O) groups is 2. The maximum atomic E-state index is 13.7. The van der Waals surface area contributed by atoms with E-state index in [9.17, 15) is 14.4 Å². The minimum atomic E-state index is -0.567. The molecule has 0 saturated carbocycles. The summed E-state index contributed by atoms with van der Waals surface area (Å²) < 4.78 is 7.18. The molecule has 2 heterocycles. The van der Waals surface area contributed by atoms with E-state index < -0.39 is 17.3 Å². The van der Waals surface area contributed by atoms with Crippen LogP contribution in [-0.4, -0.2) is 39.6 Å². The second-order valence-corrected chi connectivity index (χ2v) is 9.90. The number of amides is 1. The molecule has 0 radical (unpaired) electrons. The van der Waals surface area contributed by atoms with Crippen molar-refractivity contribution in [2.45, 2.75) is 52.0 Å². The van der Waals surface area contributed by atoms with Crippen LogP contribution in [0.25, 0.3) is 0 Å². The zero-order valence-corrected chi connectivity index (χ0v) is 20.9. The first-order chi connectivity index (χ1) is 17.4. The van der Waals surface area contributed by atoms with Crippen molar-refractivity contribution >= 4 is 11.9 Å². The lowest BCUT2D eigenvalue weighted by atomic mass is 9.81. The normalized spacial score (nSPS) is 17.3. The lowest BCUT2D eigenvalue weighted by Gasteiger charge is -2.39. The number of aromatic nitrogens is 2. The summed E-state index contributed by atoms with van der Waals surface area (Å²) in [6.07, 6.45) is 3.78. The lowest BCUT2D eigenvalue weighted by Crippen LogP contribution is -2.48. The van der Waals surface area contributed by atoms with E-state index in [0.717, 1.165) is 25.5 Å². The number of fused-ring (bicyclic) bond motifs is 3. The Kier molecular flexibility index (Phi) is 6.48. The number of rotatable bonds is 5. The molecule has 7 nitrogen and oxygen atoms in total. The van der Waals surface area contributed by atoms with Crippen LogP contribution in [0.2, 0.25) is 0 Å². The molecule has 3 aromatic rings. The van der Waals surface area contributed by atoms with Gasteiger partial charge in [-0.2, -0.15) is 5.10 Å². The molecule has 7 heteroatoms. The van der Waals surface area contributed by atoms with Crippen molar-refractivity contribution in [1.29, 1.82) is 0 Å². The van der Waals surface area contributed by atoms with E-state index in [0.29, 0.717) is 13.1 Å². The third kappa shape index (κ3) is 4.12. The molecule has 0 saturated heterocycles. The molecule has 1 aromatic heterocycles. The van der Waals surface area contributed by atoms with Crippen LogP contribution in [0.3, 0.4) is 0 Å². The fourth-order valence-electron chi connectivity index (χ4n) is 5.44. The molecule has 1 unspecified atom stereocenters. The van der Waals surface area contributed by atoms with E-state index in [1.54, 1.807) is 23.4 Å². The third-order valence-corrected chi connectivity index (χ3v) is 7.18. The fourth-order valence-corrected chi connectivity index (χ4v) is 5.44. The van der Waals surface area contributed by atoms with Gasteiger partial charge in [0.05, 0.1) is 18.2 Å². The SMILES string of the molecule is CCCN1CC(C2c3ccccc3CCc3ccccc32)n2ncc(=O)c(OC(=O)C(C)C)c2C1=O. The highest BCUT2D eigenvalue weighted by Crippen LogP contribution is 2.43. The Labute approximate surface area is 210 Å². The number of ether oxygens (including phenoxy) is 1. The number of aryl methyl sites for hydroxylation is 2. The van der Waals surface area contributed by atoms with Crippen LogP contribution in [0.1, 0.15) is 71.9 Å². The number of carbonyl (C=O) groups excluding carboxylic acids is 2. The Balaban J connectivity index is 1.75. The molecule has 0 spiro atoms. The maximum Gasteiger partial charge on any atom is 0.313 e. The van der Waals surface area contributed by atoms with Gasteiger partial charge < -0.3 is 9.64 Å². The molecule has 1 atom stereocenters. The van der Waals surface area contributed by atoms with Gasteiger partial charge in [-0.3, -0.25) is 19.1 Å². The number of hydrogen-bond acceptors (Lipinski definition) is 5. The molecular formula is C29H31N3O4. The molecular weight excluding hydrogens is 454 g/mol. The van der Waals surface area contributed by atoms with Crippen molar-refractivity contribution in [3.8, 4) is 5.75 Å². The van der Waals surface area contributed by atoms with Gasteiger partial charge in [-0.1, -0.05) is 69.3 Å². The van der Waals surface area contributed by atoms with Gasteiger partial charge >= 0.3 is 5.97 Å². The first kappa shape index (κ1) is 24.0. The van der Waals surface area contributed by atoms with Crippen LogP contribution in [0.5, 0.6) is 5.75 Å². The standard InChI is InChI=1S/C29H31N3O4/c1-4-15-31-17-23(32-26(28(31)34)27(24(33)16-30-32)36-29(35)18(2)3)25-21-11-7-5-9-19(21)13-14-20-10-6-8-12-22(20)25/h5-12,16,18,23,25H,4,13-15,17H2,1-3H3. The van der Waals surface area contributed by atoms with E-state index in [1.165, 1.54) is 22.3 Å².